The van der Waals surface area contributed by atoms with Crippen molar-refractivity contribution >= 4 is 0 Å². The fraction of sp³-hybridized carbons (Fsp3) is 1.00. The van der Waals surface area contributed by atoms with Crippen LogP contribution in [0, 0.1) is 5.92 Å². The van der Waals surface area contributed by atoms with Crippen molar-refractivity contribution in [3.63, 3.8) is 0 Å². The zero-order valence-electron chi connectivity index (χ0n) is 9.08. The highest BCUT2D eigenvalue weighted by Gasteiger charge is 2.52. The standard InChI is InChI=1S/C9H15N3O3/c1-5-6(4-11-12-10)13-8-7(5)14-9(2,3)15-8/h5-8H,4H2,1-3H3/t5-,6-,7-,8-/m1/s1. The first kappa shape index (κ1) is 10.7. The van der Waals surface area contributed by atoms with Crippen LogP contribution < -0.4 is 0 Å². The van der Waals surface area contributed by atoms with Crippen LogP contribution in [-0.4, -0.2) is 30.8 Å². The lowest BCUT2D eigenvalue weighted by Crippen LogP contribution is -2.29. The Morgan fingerprint density at radius 3 is 2.73 bits per heavy atom. The van der Waals surface area contributed by atoms with E-state index in [2.05, 4.69) is 10.0 Å². The largest absolute Gasteiger partial charge is 0.346 e. The molecule has 15 heavy (non-hydrogen) atoms. The molecule has 0 amide bonds. The van der Waals surface area contributed by atoms with E-state index in [9.17, 15) is 0 Å². The molecular formula is C9H15N3O3. The van der Waals surface area contributed by atoms with Crippen LogP contribution in [0.2, 0.25) is 0 Å². The molecule has 0 radical (unpaired) electrons. The molecule has 0 bridgehead atoms. The quantitative estimate of drug-likeness (QED) is 0.398. The van der Waals surface area contributed by atoms with Crippen molar-refractivity contribution in [3.8, 4) is 0 Å². The number of fused-ring (bicyclic) bond motifs is 1. The first-order valence-corrected chi connectivity index (χ1v) is 5.05. The fourth-order valence-corrected chi connectivity index (χ4v) is 2.05. The second-order valence-corrected chi connectivity index (χ2v) is 4.42. The molecular weight excluding hydrogens is 198 g/mol. The van der Waals surface area contributed by atoms with Crippen molar-refractivity contribution < 1.29 is 14.2 Å². The first-order valence-electron chi connectivity index (χ1n) is 5.05. The highest BCUT2D eigenvalue weighted by molar-refractivity contribution is 4.91. The van der Waals surface area contributed by atoms with Crippen LogP contribution in [0.5, 0.6) is 0 Å². The summed E-state index contributed by atoms with van der Waals surface area (Å²) in [7, 11) is 0. The Labute approximate surface area is 88.1 Å². The summed E-state index contributed by atoms with van der Waals surface area (Å²) in [5, 5.41) is 3.51. The van der Waals surface area contributed by atoms with Crippen molar-refractivity contribution in [3.05, 3.63) is 10.4 Å². The Kier molecular flexibility index (Phi) is 2.60. The van der Waals surface area contributed by atoms with Crippen molar-refractivity contribution in [1.29, 1.82) is 0 Å². The second kappa shape index (κ2) is 3.64. The van der Waals surface area contributed by atoms with Gasteiger partial charge >= 0.3 is 0 Å². The maximum Gasteiger partial charge on any atom is 0.187 e. The van der Waals surface area contributed by atoms with Gasteiger partial charge in [0.05, 0.1) is 12.6 Å². The molecule has 4 atom stereocenters. The second-order valence-electron chi connectivity index (χ2n) is 4.42. The van der Waals surface area contributed by atoms with Gasteiger partial charge in [0.25, 0.3) is 0 Å². The molecule has 0 aliphatic carbocycles. The fourth-order valence-electron chi connectivity index (χ4n) is 2.05. The molecule has 6 nitrogen and oxygen atoms in total. The molecule has 0 aromatic heterocycles. The molecule has 2 aliphatic rings. The predicted molar refractivity (Wildman–Crippen MR) is 51.9 cm³/mol. The maximum atomic E-state index is 8.24. The lowest BCUT2D eigenvalue weighted by atomic mass is 10.0. The molecule has 2 aliphatic heterocycles. The molecule has 6 heteroatoms. The zero-order valence-corrected chi connectivity index (χ0v) is 9.08. The molecule has 84 valence electrons. The van der Waals surface area contributed by atoms with Crippen LogP contribution in [0.15, 0.2) is 5.11 Å². The maximum absolute atomic E-state index is 8.24. The molecule has 0 spiro atoms. The highest BCUT2D eigenvalue weighted by atomic mass is 16.8. The van der Waals surface area contributed by atoms with Crippen LogP contribution in [0.4, 0.5) is 0 Å². The summed E-state index contributed by atoms with van der Waals surface area (Å²) in [4.78, 5) is 2.72. The Hall–Kier alpha value is -0.810. The van der Waals surface area contributed by atoms with Crippen LogP contribution in [-0.2, 0) is 14.2 Å². The van der Waals surface area contributed by atoms with Crippen LogP contribution in [0.1, 0.15) is 20.8 Å². The third-order valence-corrected chi connectivity index (χ3v) is 2.83. The SMILES string of the molecule is C[C@H]1[C@H]2OC(C)(C)O[C@H]2O[C@@H]1CN=[N+]=[N-]. The molecule has 0 unspecified atom stereocenters. The normalized spacial score (nSPS) is 42.3. The van der Waals surface area contributed by atoms with E-state index in [1.165, 1.54) is 0 Å². The Morgan fingerprint density at radius 1 is 1.40 bits per heavy atom. The zero-order chi connectivity index (χ0) is 11.1. The van der Waals surface area contributed by atoms with Gasteiger partial charge in [-0.05, 0) is 19.4 Å². The van der Waals surface area contributed by atoms with Gasteiger partial charge < -0.3 is 14.2 Å². The molecule has 0 N–H and O–H groups in total. The van der Waals surface area contributed by atoms with Gasteiger partial charge in [-0.3, -0.25) is 0 Å². The van der Waals surface area contributed by atoms with E-state index in [0.29, 0.717) is 6.54 Å². The van der Waals surface area contributed by atoms with E-state index in [1.54, 1.807) is 0 Å². The minimum atomic E-state index is -0.576. The lowest BCUT2D eigenvalue weighted by Gasteiger charge is -2.22. The summed E-state index contributed by atoms with van der Waals surface area (Å²) >= 11 is 0. The Morgan fingerprint density at radius 2 is 2.13 bits per heavy atom. The summed E-state index contributed by atoms with van der Waals surface area (Å²) in [6, 6.07) is 0. The summed E-state index contributed by atoms with van der Waals surface area (Å²) in [6.45, 7) is 6.08. The van der Waals surface area contributed by atoms with Gasteiger partial charge in [-0.1, -0.05) is 12.0 Å². The summed E-state index contributed by atoms with van der Waals surface area (Å²) in [6.07, 6.45) is -0.486. The van der Waals surface area contributed by atoms with Crippen molar-refractivity contribution in [2.24, 2.45) is 11.0 Å². The molecule has 2 rings (SSSR count). The predicted octanol–water partition coefficient (Wildman–Crippen LogP) is 1.81. The van der Waals surface area contributed by atoms with Crippen LogP contribution >= 0.6 is 0 Å². The molecule has 0 aromatic rings. The smallest absolute Gasteiger partial charge is 0.187 e. The third-order valence-electron chi connectivity index (χ3n) is 2.83. The number of hydrogen-bond donors (Lipinski definition) is 0. The topological polar surface area (TPSA) is 76.5 Å². The van der Waals surface area contributed by atoms with Crippen LogP contribution in [0.25, 0.3) is 10.4 Å². The van der Waals surface area contributed by atoms with Crippen molar-refractivity contribution in [2.45, 2.75) is 45.1 Å². The number of nitrogens with zero attached hydrogens (tertiary/aromatic N) is 3. The van der Waals surface area contributed by atoms with Crippen LogP contribution in [0.3, 0.4) is 0 Å². The minimum absolute atomic E-state index is 0.0566. The number of hydrogen-bond acceptors (Lipinski definition) is 4. The van der Waals surface area contributed by atoms with E-state index >= 15 is 0 Å². The lowest BCUT2D eigenvalue weighted by molar-refractivity contribution is -0.208. The Bertz CT molecular complexity index is 301. The monoisotopic (exact) mass is 213 g/mol. The summed E-state index contributed by atoms with van der Waals surface area (Å²) < 4.78 is 16.9. The van der Waals surface area contributed by atoms with Gasteiger partial charge in [0.1, 0.15) is 6.10 Å². The first-order chi connectivity index (χ1) is 7.03. The van der Waals surface area contributed by atoms with Gasteiger partial charge in [-0.2, -0.15) is 0 Å². The van der Waals surface area contributed by atoms with E-state index in [-0.39, 0.29) is 24.4 Å². The van der Waals surface area contributed by atoms with Gasteiger partial charge in [0.2, 0.25) is 0 Å². The summed E-state index contributed by atoms with van der Waals surface area (Å²) in [5.74, 6) is -0.394. The number of rotatable bonds is 2. The minimum Gasteiger partial charge on any atom is -0.346 e. The van der Waals surface area contributed by atoms with Gasteiger partial charge in [-0.25, -0.2) is 0 Å². The summed E-state index contributed by atoms with van der Waals surface area (Å²) in [5.41, 5.74) is 8.24. The number of ether oxygens (including phenoxy) is 3. The van der Waals surface area contributed by atoms with E-state index < -0.39 is 5.79 Å². The third kappa shape index (κ3) is 1.94. The van der Waals surface area contributed by atoms with Gasteiger partial charge in [-0.15, -0.1) is 0 Å². The molecule has 2 saturated heterocycles. The van der Waals surface area contributed by atoms with Crippen molar-refractivity contribution in [2.75, 3.05) is 6.54 Å². The van der Waals surface area contributed by atoms with E-state index in [1.807, 2.05) is 20.8 Å². The molecule has 0 saturated carbocycles. The average molecular weight is 213 g/mol. The Balaban J connectivity index is 2.01. The van der Waals surface area contributed by atoms with Crippen molar-refractivity contribution in [1.82, 2.24) is 0 Å². The van der Waals surface area contributed by atoms with Gasteiger partial charge in [0.15, 0.2) is 12.1 Å². The average Bonchev–Trinajstić information content (AvgIpc) is 2.58. The number of azide groups is 1. The molecule has 2 fully saturated rings. The highest BCUT2D eigenvalue weighted by Crippen LogP contribution is 2.40. The van der Waals surface area contributed by atoms with E-state index in [0.717, 1.165) is 0 Å². The van der Waals surface area contributed by atoms with Gasteiger partial charge in [0, 0.05) is 10.8 Å². The van der Waals surface area contributed by atoms with E-state index in [4.69, 9.17) is 19.7 Å². The molecule has 0 aromatic carbocycles. The molecule has 2 heterocycles.